The average Bonchev–Trinajstić information content (AvgIpc) is 2.72. The van der Waals surface area contributed by atoms with Crippen LogP contribution >= 0.6 is 0 Å². The molecular formula is C20H17N7. The molecule has 4 rings (SSSR count). The normalized spacial score (nSPS) is 10.6. The van der Waals surface area contributed by atoms with Crippen LogP contribution in [0.15, 0.2) is 61.7 Å². The second-order valence-electron chi connectivity index (χ2n) is 6.11. The lowest BCUT2D eigenvalue weighted by molar-refractivity contribution is 1.06. The third kappa shape index (κ3) is 3.62. The van der Waals surface area contributed by atoms with E-state index in [1.54, 1.807) is 0 Å². The van der Waals surface area contributed by atoms with E-state index in [1.165, 1.54) is 25.3 Å². The highest BCUT2D eigenvalue weighted by Gasteiger charge is 2.09. The molecule has 7 nitrogen and oxygen atoms in total. The summed E-state index contributed by atoms with van der Waals surface area (Å²) < 4.78 is 0. The molecule has 0 aliphatic heterocycles. The van der Waals surface area contributed by atoms with Crippen molar-refractivity contribution in [2.75, 3.05) is 5.32 Å². The molecule has 0 aliphatic carbocycles. The molecule has 0 unspecified atom stereocenters. The van der Waals surface area contributed by atoms with Crippen molar-refractivity contribution < 1.29 is 0 Å². The fourth-order valence-electron chi connectivity index (χ4n) is 2.71. The quantitative estimate of drug-likeness (QED) is 0.596. The molecule has 0 amide bonds. The van der Waals surface area contributed by atoms with E-state index in [1.807, 2.05) is 36.4 Å². The monoisotopic (exact) mass is 355 g/mol. The second-order valence-corrected chi connectivity index (χ2v) is 6.11. The predicted molar refractivity (Wildman–Crippen MR) is 103 cm³/mol. The third-order valence-corrected chi connectivity index (χ3v) is 4.25. The van der Waals surface area contributed by atoms with Crippen molar-refractivity contribution in [3.8, 4) is 22.8 Å². The summed E-state index contributed by atoms with van der Waals surface area (Å²) in [7, 11) is 0. The van der Waals surface area contributed by atoms with Crippen molar-refractivity contribution >= 4 is 11.4 Å². The van der Waals surface area contributed by atoms with Crippen molar-refractivity contribution in [1.82, 2.24) is 29.9 Å². The lowest BCUT2D eigenvalue weighted by atomic mass is 10.1. The van der Waals surface area contributed by atoms with Crippen LogP contribution in [0.3, 0.4) is 0 Å². The van der Waals surface area contributed by atoms with Crippen molar-refractivity contribution in [2.45, 2.75) is 13.8 Å². The number of rotatable bonds is 4. The van der Waals surface area contributed by atoms with E-state index in [-0.39, 0.29) is 0 Å². The summed E-state index contributed by atoms with van der Waals surface area (Å²) in [5, 5.41) is 3.52. The van der Waals surface area contributed by atoms with Crippen molar-refractivity contribution in [3.05, 3.63) is 72.8 Å². The molecule has 0 saturated carbocycles. The first-order chi connectivity index (χ1) is 13.2. The van der Waals surface area contributed by atoms with Gasteiger partial charge in [-0.05, 0) is 37.1 Å². The zero-order chi connectivity index (χ0) is 18.6. The standard InChI is InChI=1S/C20H17N7/c1-13-3-5-15(19-23-9-21-10-24-19)7-17(13)27-18-8-16(6-4-14(18)2)20-25-11-22-12-26-20/h3-12,27H,1-2H3. The Hall–Kier alpha value is -3.74. The fourth-order valence-corrected chi connectivity index (χ4v) is 2.71. The SMILES string of the molecule is Cc1ccc(-c2ncncn2)cc1Nc1cc(-c2ncncn2)ccc1C. The Labute approximate surface area is 156 Å². The number of nitrogens with one attached hydrogen (secondary N) is 1. The van der Waals surface area contributed by atoms with Crippen LogP contribution < -0.4 is 5.32 Å². The summed E-state index contributed by atoms with van der Waals surface area (Å²) in [6.45, 7) is 4.12. The molecule has 0 fully saturated rings. The Balaban J connectivity index is 1.70. The number of nitrogens with zero attached hydrogens (tertiary/aromatic N) is 6. The van der Waals surface area contributed by atoms with Crippen molar-refractivity contribution in [1.29, 1.82) is 0 Å². The van der Waals surface area contributed by atoms with E-state index >= 15 is 0 Å². The molecule has 2 aromatic carbocycles. The molecule has 2 heterocycles. The molecule has 0 bridgehead atoms. The average molecular weight is 355 g/mol. The molecule has 4 aromatic rings. The van der Waals surface area contributed by atoms with E-state index in [2.05, 4.69) is 49.1 Å². The molecule has 27 heavy (non-hydrogen) atoms. The van der Waals surface area contributed by atoms with Crippen LogP contribution in [0.5, 0.6) is 0 Å². The molecule has 0 spiro atoms. The Morgan fingerprint density at radius 2 is 1.00 bits per heavy atom. The van der Waals surface area contributed by atoms with Crippen LogP contribution in [0.25, 0.3) is 22.8 Å². The maximum absolute atomic E-state index is 4.23. The van der Waals surface area contributed by atoms with Gasteiger partial charge in [0.25, 0.3) is 0 Å². The zero-order valence-corrected chi connectivity index (χ0v) is 15.0. The van der Waals surface area contributed by atoms with E-state index in [0.717, 1.165) is 33.6 Å². The summed E-state index contributed by atoms with van der Waals surface area (Å²) in [4.78, 5) is 24.7. The van der Waals surface area contributed by atoms with Crippen LogP contribution in [0.4, 0.5) is 11.4 Å². The highest BCUT2D eigenvalue weighted by atomic mass is 15.0. The Kier molecular flexibility index (Phi) is 4.49. The van der Waals surface area contributed by atoms with Crippen LogP contribution in [0.2, 0.25) is 0 Å². The Bertz CT molecular complexity index is 979. The maximum Gasteiger partial charge on any atom is 0.162 e. The number of anilines is 2. The van der Waals surface area contributed by atoms with Gasteiger partial charge in [-0.15, -0.1) is 0 Å². The van der Waals surface area contributed by atoms with E-state index in [0.29, 0.717) is 11.6 Å². The first-order valence-corrected chi connectivity index (χ1v) is 8.44. The van der Waals surface area contributed by atoms with Gasteiger partial charge in [0, 0.05) is 22.5 Å². The summed E-state index contributed by atoms with van der Waals surface area (Å²) in [6, 6.07) is 12.2. The molecule has 1 N–H and O–H groups in total. The summed E-state index contributed by atoms with van der Waals surface area (Å²) >= 11 is 0. The number of aryl methyl sites for hydroxylation is 2. The number of benzene rings is 2. The van der Waals surface area contributed by atoms with Crippen LogP contribution in [-0.2, 0) is 0 Å². The maximum atomic E-state index is 4.23. The molecule has 7 heteroatoms. The van der Waals surface area contributed by atoms with Crippen LogP contribution in [0, 0.1) is 13.8 Å². The highest BCUT2D eigenvalue weighted by molar-refractivity contribution is 5.74. The van der Waals surface area contributed by atoms with Gasteiger partial charge in [0.05, 0.1) is 0 Å². The number of aromatic nitrogens is 6. The summed E-state index contributed by atoms with van der Waals surface area (Å²) in [5.74, 6) is 1.28. The van der Waals surface area contributed by atoms with Gasteiger partial charge >= 0.3 is 0 Å². The molecule has 0 radical (unpaired) electrons. The van der Waals surface area contributed by atoms with Crippen LogP contribution in [0.1, 0.15) is 11.1 Å². The van der Waals surface area contributed by atoms with Gasteiger partial charge < -0.3 is 5.32 Å². The third-order valence-electron chi connectivity index (χ3n) is 4.25. The highest BCUT2D eigenvalue weighted by Crippen LogP contribution is 2.29. The van der Waals surface area contributed by atoms with Gasteiger partial charge in [-0.1, -0.05) is 24.3 Å². The lowest BCUT2D eigenvalue weighted by Gasteiger charge is -2.14. The van der Waals surface area contributed by atoms with Gasteiger partial charge in [0.1, 0.15) is 25.3 Å². The van der Waals surface area contributed by atoms with Gasteiger partial charge in [-0.2, -0.15) is 0 Å². The molecule has 0 atom stereocenters. The van der Waals surface area contributed by atoms with Gasteiger partial charge in [-0.3, -0.25) is 0 Å². The minimum Gasteiger partial charge on any atom is -0.355 e. The lowest BCUT2D eigenvalue weighted by Crippen LogP contribution is -1.98. The van der Waals surface area contributed by atoms with Gasteiger partial charge in [0.2, 0.25) is 0 Å². The van der Waals surface area contributed by atoms with Crippen molar-refractivity contribution in [3.63, 3.8) is 0 Å². The molecule has 132 valence electrons. The van der Waals surface area contributed by atoms with E-state index in [4.69, 9.17) is 0 Å². The molecular weight excluding hydrogens is 338 g/mol. The fraction of sp³-hybridized carbons (Fsp3) is 0.100. The smallest absolute Gasteiger partial charge is 0.162 e. The minimum atomic E-state index is 0.642. The summed E-state index contributed by atoms with van der Waals surface area (Å²) in [5.41, 5.74) is 6.08. The molecule has 0 aliphatic rings. The summed E-state index contributed by atoms with van der Waals surface area (Å²) in [6.07, 6.45) is 5.99. The molecule has 0 saturated heterocycles. The minimum absolute atomic E-state index is 0.642. The van der Waals surface area contributed by atoms with E-state index < -0.39 is 0 Å². The Morgan fingerprint density at radius 1 is 0.593 bits per heavy atom. The molecule has 2 aromatic heterocycles. The van der Waals surface area contributed by atoms with Gasteiger partial charge in [0.15, 0.2) is 11.6 Å². The first-order valence-electron chi connectivity index (χ1n) is 8.44. The predicted octanol–water partition coefficient (Wildman–Crippen LogP) is 3.75. The van der Waals surface area contributed by atoms with Crippen molar-refractivity contribution in [2.24, 2.45) is 0 Å². The Morgan fingerprint density at radius 3 is 1.41 bits per heavy atom. The topological polar surface area (TPSA) is 89.4 Å². The zero-order valence-electron chi connectivity index (χ0n) is 15.0. The second kappa shape index (κ2) is 7.25. The number of hydrogen-bond acceptors (Lipinski definition) is 7. The van der Waals surface area contributed by atoms with Gasteiger partial charge in [-0.25, -0.2) is 29.9 Å². The largest absolute Gasteiger partial charge is 0.355 e. The van der Waals surface area contributed by atoms with Crippen LogP contribution in [-0.4, -0.2) is 29.9 Å². The first kappa shape index (κ1) is 16.7. The van der Waals surface area contributed by atoms with E-state index in [9.17, 15) is 0 Å². The number of hydrogen-bond donors (Lipinski definition) is 1.